The highest BCUT2D eigenvalue weighted by atomic mass is 16.8. The molecule has 7 N–H and O–H groups in total. The summed E-state index contributed by atoms with van der Waals surface area (Å²) in [7, 11) is 0. The number of aliphatic hydroxyl groups excluding tert-OH is 4. The lowest BCUT2D eigenvalue weighted by Gasteiger charge is -2.42. The van der Waals surface area contributed by atoms with E-state index in [-0.39, 0.29) is 30.0 Å². The quantitative estimate of drug-likeness (QED) is 0.112. The molecule has 3 aliphatic rings. The van der Waals surface area contributed by atoms with Crippen LogP contribution in [0.5, 0.6) is 0 Å². The molecule has 10 unspecified atom stereocenters. The molecule has 0 bridgehead atoms. The van der Waals surface area contributed by atoms with Crippen LogP contribution < -0.4 is 10.0 Å². The number of ether oxygens (including phenoxy) is 3. The van der Waals surface area contributed by atoms with Crippen molar-refractivity contribution in [2.24, 2.45) is 17.8 Å². The maximum Gasteiger partial charge on any atom is 0.337 e. The average molecular weight is 596 g/mol. The van der Waals surface area contributed by atoms with Crippen molar-refractivity contribution in [1.82, 2.24) is 0 Å². The summed E-state index contributed by atoms with van der Waals surface area (Å²) in [6, 6.07) is -1.02. The van der Waals surface area contributed by atoms with Gasteiger partial charge in [0.05, 0.1) is 35.9 Å². The van der Waals surface area contributed by atoms with Crippen molar-refractivity contribution >= 4 is 17.9 Å². The largest absolute Gasteiger partial charge is 0.544 e. The Kier molecular flexibility index (Phi) is 11.2. The van der Waals surface area contributed by atoms with Crippen LogP contribution in [-0.4, -0.2) is 105 Å². The molecule has 0 spiro atoms. The molecule has 3 rings (SSSR count). The molecule has 0 radical (unpaired) electrons. The summed E-state index contributed by atoms with van der Waals surface area (Å²) in [5.41, 5.74) is 0.0570. The third-order valence-electron chi connectivity index (χ3n) is 7.35. The van der Waals surface area contributed by atoms with Gasteiger partial charge in [-0.1, -0.05) is 32.1 Å². The van der Waals surface area contributed by atoms with E-state index in [0.29, 0.717) is 10.5 Å². The molecule has 0 aromatic heterocycles. The Hall–Kier alpha value is -3.37. The molecular formula is C28H37NO13. The lowest BCUT2D eigenvalue weighted by Crippen LogP contribution is -3.14. The topological polar surface area (TPSA) is 228 Å². The number of allylic oxidation sites excluding steroid dienone is 4. The van der Waals surface area contributed by atoms with Gasteiger partial charge in [-0.15, -0.1) is 6.58 Å². The van der Waals surface area contributed by atoms with E-state index in [1.54, 1.807) is 6.20 Å². The molecule has 232 valence electrons. The first-order valence-electron chi connectivity index (χ1n) is 13.4. The highest BCUT2D eigenvalue weighted by Crippen LogP contribution is 2.36. The summed E-state index contributed by atoms with van der Waals surface area (Å²) in [4.78, 5) is 36.1. The van der Waals surface area contributed by atoms with Crippen molar-refractivity contribution in [2.75, 3.05) is 13.2 Å². The molecule has 3 heterocycles. The Balaban J connectivity index is 1.93. The van der Waals surface area contributed by atoms with Crippen LogP contribution >= 0.6 is 0 Å². The van der Waals surface area contributed by atoms with Crippen LogP contribution in [0.2, 0.25) is 0 Å². The monoisotopic (exact) mass is 595 g/mol. The van der Waals surface area contributed by atoms with Crippen LogP contribution in [0.1, 0.15) is 20.3 Å². The molecule has 42 heavy (non-hydrogen) atoms. The Morgan fingerprint density at radius 2 is 1.83 bits per heavy atom. The molecule has 14 nitrogen and oxygen atoms in total. The number of nitrogens with one attached hydrogen (secondary N) is 1. The van der Waals surface area contributed by atoms with Crippen LogP contribution in [0.3, 0.4) is 0 Å². The molecule has 0 aliphatic carbocycles. The summed E-state index contributed by atoms with van der Waals surface area (Å²) in [6.07, 6.45) is -0.859. The van der Waals surface area contributed by atoms with Gasteiger partial charge in [-0.2, -0.15) is 0 Å². The van der Waals surface area contributed by atoms with Crippen molar-refractivity contribution in [1.29, 1.82) is 0 Å². The van der Waals surface area contributed by atoms with E-state index in [0.717, 1.165) is 6.26 Å². The minimum atomic E-state index is -1.74. The van der Waals surface area contributed by atoms with Crippen LogP contribution in [0.15, 0.2) is 60.1 Å². The van der Waals surface area contributed by atoms with Crippen molar-refractivity contribution in [3.05, 3.63) is 60.1 Å². The first kappa shape index (κ1) is 33.1. The van der Waals surface area contributed by atoms with Gasteiger partial charge in [0.25, 0.3) is 0 Å². The number of hydrogen-bond donors (Lipinski definition) is 7. The van der Waals surface area contributed by atoms with Crippen LogP contribution in [-0.2, 0) is 28.6 Å². The second-order valence-corrected chi connectivity index (χ2v) is 10.8. The van der Waals surface area contributed by atoms with E-state index in [1.807, 2.05) is 13.8 Å². The number of rotatable bonds is 12. The number of aliphatic hydroxyl groups is 4. The lowest BCUT2D eigenvalue weighted by atomic mass is 9.83. The number of carboxylic acid groups (broad SMARTS) is 3. The maximum atomic E-state index is 12.1. The molecule has 1 saturated heterocycles. The normalized spacial score (nSPS) is 34.2. The minimum absolute atomic E-state index is 0.00791. The average Bonchev–Trinajstić information content (AvgIpc) is 2.94. The van der Waals surface area contributed by atoms with Gasteiger partial charge in [0.1, 0.15) is 43.2 Å². The molecule has 10 atom stereocenters. The minimum Gasteiger partial charge on any atom is -0.544 e. The molecule has 0 saturated carbocycles. The molecule has 0 aromatic rings. The molecule has 14 heteroatoms. The van der Waals surface area contributed by atoms with Crippen LogP contribution in [0.25, 0.3) is 0 Å². The third-order valence-corrected chi connectivity index (χ3v) is 7.35. The van der Waals surface area contributed by atoms with Gasteiger partial charge in [-0.25, -0.2) is 9.59 Å². The van der Waals surface area contributed by atoms with E-state index in [1.165, 1.54) is 24.3 Å². The van der Waals surface area contributed by atoms with Gasteiger partial charge in [0, 0.05) is 17.9 Å². The number of aliphatic carboxylic acids is 3. The van der Waals surface area contributed by atoms with Gasteiger partial charge in [0.15, 0.2) is 6.29 Å². The number of carbonyl (C=O) groups excluding carboxylic acids is 1. The first-order valence-corrected chi connectivity index (χ1v) is 13.4. The van der Waals surface area contributed by atoms with Gasteiger partial charge in [-0.3, -0.25) is 4.90 Å². The smallest absolute Gasteiger partial charge is 0.337 e. The highest BCUT2D eigenvalue weighted by Gasteiger charge is 2.47. The predicted octanol–water partition coefficient (Wildman–Crippen LogP) is -2.94. The Labute approximate surface area is 241 Å². The van der Waals surface area contributed by atoms with Crippen molar-refractivity contribution in [2.45, 2.75) is 63.3 Å². The zero-order valence-electron chi connectivity index (χ0n) is 23.1. The number of hydrogen-bond acceptors (Lipinski definition) is 11. The van der Waals surface area contributed by atoms with E-state index in [4.69, 9.17) is 14.2 Å². The Morgan fingerprint density at radius 1 is 1.14 bits per heavy atom. The summed E-state index contributed by atoms with van der Waals surface area (Å²) in [5.74, 6) is -5.79. The first-order chi connectivity index (χ1) is 19.8. The second-order valence-electron chi connectivity index (χ2n) is 10.8. The summed E-state index contributed by atoms with van der Waals surface area (Å²) in [6.45, 7) is 6.62. The third kappa shape index (κ3) is 7.52. The molecular weight excluding hydrogens is 558 g/mol. The Morgan fingerprint density at radius 3 is 2.38 bits per heavy atom. The summed E-state index contributed by atoms with van der Waals surface area (Å²) < 4.78 is 16.6. The molecule has 3 aliphatic heterocycles. The van der Waals surface area contributed by atoms with Crippen molar-refractivity contribution in [3.8, 4) is 0 Å². The fourth-order valence-corrected chi connectivity index (χ4v) is 5.13. The van der Waals surface area contributed by atoms with Gasteiger partial charge < -0.3 is 54.8 Å². The molecule has 0 aromatic carbocycles. The van der Waals surface area contributed by atoms with E-state index in [2.05, 4.69) is 6.58 Å². The fourth-order valence-electron chi connectivity index (χ4n) is 5.13. The van der Waals surface area contributed by atoms with E-state index in [9.17, 15) is 50.1 Å². The van der Waals surface area contributed by atoms with Crippen molar-refractivity contribution in [3.63, 3.8) is 0 Å². The Bertz CT molecular complexity index is 1160. The van der Waals surface area contributed by atoms with Crippen molar-refractivity contribution < 1.29 is 69.2 Å². The highest BCUT2D eigenvalue weighted by molar-refractivity contribution is 5.88. The molecule has 1 fully saturated rings. The number of carboxylic acids is 3. The van der Waals surface area contributed by atoms with Gasteiger partial charge in [0.2, 0.25) is 6.29 Å². The van der Waals surface area contributed by atoms with Crippen LogP contribution in [0.4, 0.5) is 0 Å². The predicted molar refractivity (Wildman–Crippen MR) is 140 cm³/mol. The number of carbonyl (C=O) groups is 3. The van der Waals surface area contributed by atoms with E-state index < -0.39 is 79.4 Å². The fraction of sp³-hybridized carbons (Fsp3) is 0.536. The lowest BCUT2D eigenvalue weighted by molar-refractivity contribution is -0.864. The van der Waals surface area contributed by atoms with Gasteiger partial charge >= 0.3 is 11.9 Å². The maximum absolute atomic E-state index is 12.1. The summed E-state index contributed by atoms with van der Waals surface area (Å²) in [5, 5.41) is 71.3. The number of quaternary nitrogens is 1. The standard InChI is InChI=1S/C28H37NO13/c1-4-16-17(6-5-14-8-15(24(34)35)10-29(9-14)19(26(38)39)7-13(2)3)18(25(36)37)12-40-27(16)42-28-23(33)22(32)21(31)20(11-30)41-28/h4-6,8-9,12-13,16-17,19-23,27-28,30-33H,1,7,10-11H2,2-3H3,(H,34,35)(H,36,37)(H,38,39). The van der Waals surface area contributed by atoms with E-state index >= 15 is 0 Å². The summed E-state index contributed by atoms with van der Waals surface area (Å²) >= 11 is 0. The zero-order chi connectivity index (χ0) is 31.3. The zero-order valence-corrected chi connectivity index (χ0v) is 23.1. The van der Waals surface area contributed by atoms with Crippen LogP contribution in [0, 0.1) is 17.8 Å². The SMILES string of the molecule is C=CC1C(OC2OC(CO)C(O)C(O)C2O)OC=C(C(=O)O)C1C=CC1=C[NH+](C(CC(C)C)C(=O)[O-])CC(C(=O)O)=C1. The second kappa shape index (κ2) is 14.2. The molecule has 0 amide bonds. The van der Waals surface area contributed by atoms with Gasteiger partial charge in [-0.05, 0) is 12.0 Å².